The van der Waals surface area contributed by atoms with Crippen LogP contribution in [0.25, 0.3) is 6.08 Å². The summed E-state index contributed by atoms with van der Waals surface area (Å²) in [5.74, 6) is 0.982. The molecule has 0 bridgehead atoms. The number of carbonyl (C=O) groups excluding carboxylic acids is 2. The summed E-state index contributed by atoms with van der Waals surface area (Å²) in [4.78, 5) is 26.8. The van der Waals surface area contributed by atoms with Crippen molar-refractivity contribution in [3.8, 4) is 11.5 Å². The predicted molar refractivity (Wildman–Crippen MR) is 119 cm³/mol. The summed E-state index contributed by atoms with van der Waals surface area (Å²) >= 11 is 4.33. The van der Waals surface area contributed by atoms with Crippen molar-refractivity contribution in [2.75, 3.05) is 13.7 Å². The Morgan fingerprint density at radius 1 is 1.10 bits per heavy atom. The van der Waals surface area contributed by atoms with E-state index in [9.17, 15) is 9.59 Å². The van der Waals surface area contributed by atoms with Gasteiger partial charge in [-0.05, 0) is 59.7 Å². The molecule has 5 nitrogen and oxygen atoms in total. The van der Waals surface area contributed by atoms with Crippen LogP contribution in [0.15, 0.2) is 51.8 Å². The van der Waals surface area contributed by atoms with Gasteiger partial charge in [0, 0.05) is 4.47 Å². The Morgan fingerprint density at radius 3 is 2.55 bits per heavy atom. The third-order valence-corrected chi connectivity index (χ3v) is 5.80. The summed E-state index contributed by atoms with van der Waals surface area (Å²) in [7, 11) is 1.58. The van der Waals surface area contributed by atoms with E-state index in [0.29, 0.717) is 23.0 Å². The van der Waals surface area contributed by atoms with Gasteiger partial charge >= 0.3 is 0 Å². The zero-order valence-corrected chi connectivity index (χ0v) is 18.7. The van der Waals surface area contributed by atoms with E-state index in [2.05, 4.69) is 22.9 Å². The van der Waals surface area contributed by atoms with Crippen molar-refractivity contribution < 1.29 is 19.1 Å². The van der Waals surface area contributed by atoms with Crippen LogP contribution in [0.1, 0.15) is 30.9 Å². The lowest BCUT2D eigenvalue weighted by Gasteiger charge is -2.12. The first-order valence-electron chi connectivity index (χ1n) is 9.32. The topological polar surface area (TPSA) is 55.8 Å². The Hall–Kier alpha value is -2.25. The average Bonchev–Trinajstić information content (AvgIpc) is 2.98. The number of thioether (sulfide) groups is 1. The Labute approximate surface area is 183 Å². The lowest BCUT2D eigenvalue weighted by atomic mass is 10.1. The van der Waals surface area contributed by atoms with E-state index < -0.39 is 0 Å². The zero-order valence-electron chi connectivity index (χ0n) is 16.3. The van der Waals surface area contributed by atoms with E-state index in [-0.39, 0.29) is 17.7 Å². The first-order chi connectivity index (χ1) is 14.0. The van der Waals surface area contributed by atoms with Crippen molar-refractivity contribution in [1.29, 1.82) is 0 Å². The highest BCUT2D eigenvalue weighted by Gasteiger charge is 2.35. The van der Waals surface area contributed by atoms with Crippen LogP contribution in [-0.2, 0) is 11.3 Å². The number of ether oxygens (including phenoxy) is 2. The van der Waals surface area contributed by atoms with Crippen LogP contribution in [0, 0.1) is 0 Å². The summed E-state index contributed by atoms with van der Waals surface area (Å²) in [5.41, 5.74) is 1.67. The molecule has 0 radical (unpaired) electrons. The summed E-state index contributed by atoms with van der Waals surface area (Å²) < 4.78 is 12.1. The summed E-state index contributed by atoms with van der Waals surface area (Å²) in [5, 5.41) is -0.268. The molecule has 1 fully saturated rings. The second-order valence-electron chi connectivity index (χ2n) is 6.51. The number of nitrogens with zero attached hydrogens (tertiary/aromatic N) is 1. The zero-order chi connectivity index (χ0) is 20.8. The Kier molecular flexibility index (Phi) is 7.39. The monoisotopic (exact) mass is 475 g/mol. The number of halogens is 1. The molecule has 1 aliphatic rings. The van der Waals surface area contributed by atoms with Crippen molar-refractivity contribution in [1.82, 2.24) is 4.90 Å². The third kappa shape index (κ3) is 5.42. The van der Waals surface area contributed by atoms with Gasteiger partial charge in [0.25, 0.3) is 11.1 Å². The molecule has 3 rings (SSSR count). The molecule has 0 unspecified atom stereocenters. The van der Waals surface area contributed by atoms with Crippen molar-refractivity contribution in [2.24, 2.45) is 0 Å². The van der Waals surface area contributed by atoms with Gasteiger partial charge in [0.05, 0.1) is 25.2 Å². The Morgan fingerprint density at radius 2 is 1.86 bits per heavy atom. The Balaban J connectivity index is 1.75. The highest BCUT2D eigenvalue weighted by molar-refractivity contribution is 9.10. The van der Waals surface area contributed by atoms with Gasteiger partial charge in [-0.2, -0.15) is 0 Å². The van der Waals surface area contributed by atoms with E-state index in [4.69, 9.17) is 9.47 Å². The van der Waals surface area contributed by atoms with Gasteiger partial charge in [-0.3, -0.25) is 14.5 Å². The first-order valence-corrected chi connectivity index (χ1v) is 10.9. The number of amides is 2. The first kappa shape index (κ1) is 21.5. The molecule has 1 saturated heterocycles. The number of unbranched alkanes of at least 4 members (excludes halogenated alkanes) is 1. The number of hydrogen-bond acceptors (Lipinski definition) is 5. The van der Waals surface area contributed by atoms with Crippen LogP contribution in [0.3, 0.4) is 0 Å². The number of methoxy groups -OCH3 is 1. The molecule has 29 heavy (non-hydrogen) atoms. The smallest absolute Gasteiger partial charge is 0.293 e. The van der Waals surface area contributed by atoms with E-state index >= 15 is 0 Å². The van der Waals surface area contributed by atoms with Crippen LogP contribution < -0.4 is 9.47 Å². The van der Waals surface area contributed by atoms with Gasteiger partial charge in [0.1, 0.15) is 0 Å². The predicted octanol–water partition coefficient (Wildman–Crippen LogP) is 5.87. The van der Waals surface area contributed by atoms with Crippen molar-refractivity contribution in [3.05, 3.63) is 63.0 Å². The molecule has 0 N–H and O–H groups in total. The molecule has 152 valence electrons. The molecule has 0 spiro atoms. The SMILES string of the molecule is CCCCOc1ccc(/C=C2\SC(=O)N(Cc3ccc(Br)cc3)C2=O)cc1OC. The number of benzene rings is 2. The maximum atomic E-state index is 12.7. The normalized spacial score (nSPS) is 15.3. The largest absolute Gasteiger partial charge is 0.493 e. The van der Waals surface area contributed by atoms with Crippen LogP contribution >= 0.6 is 27.7 Å². The highest BCUT2D eigenvalue weighted by Crippen LogP contribution is 2.35. The Bertz CT molecular complexity index is 927. The summed E-state index contributed by atoms with van der Waals surface area (Å²) in [6.45, 7) is 2.98. The van der Waals surface area contributed by atoms with E-state index in [1.807, 2.05) is 42.5 Å². The summed E-state index contributed by atoms with van der Waals surface area (Å²) in [6.07, 6.45) is 3.73. The van der Waals surface area contributed by atoms with Gasteiger partial charge < -0.3 is 9.47 Å². The standard InChI is InChI=1S/C22H22BrNO4S/c1-3-4-11-28-18-10-7-16(12-19(18)27-2)13-20-21(25)24(22(26)29-20)14-15-5-8-17(23)9-6-15/h5-10,12-13H,3-4,11,14H2,1-2H3/b20-13-. The fourth-order valence-corrected chi connectivity index (χ4v) is 3.88. The van der Waals surface area contributed by atoms with Crippen molar-refractivity contribution in [3.63, 3.8) is 0 Å². The lowest BCUT2D eigenvalue weighted by Crippen LogP contribution is -2.27. The maximum absolute atomic E-state index is 12.7. The molecule has 0 atom stereocenters. The van der Waals surface area contributed by atoms with Gasteiger partial charge in [-0.1, -0.05) is 47.5 Å². The van der Waals surface area contributed by atoms with E-state index in [1.165, 1.54) is 4.90 Å². The molecular formula is C22H22BrNO4S. The quantitative estimate of drug-likeness (QED) is 0.352. The number of hydrogen-bond donors (Lipinski definition) is 0. The fraction of sp³-hybridized carbons (Fsp3) is 0.273. The highest BCUT2D eigenvalue weighted by atomic mass is 79.9. The summed E-state index contributed by atoms with van der Waals surface area (Å²) in [6, 6.07) is 13.0. The van der Waals surface area contributed by atoms with E-state index in [0.717, 1.165) is 40.2 Å². The lowest BCUT2D eigenvalue weighted by molar-refractivity contribution is -0.123. The minimum Gasteiger partial charge on any atom is -0.493 e. The van der Waals surface area contributed by atoms with Gasteiger partial charge in [0.15, 0.2) is 11.5 Å². The molecule has 0 saturated carbocycles. The minimum absolute atomic E-state index is 0.253. The minimum atomic E-state index is -0.287. The van der Waals surface area contributed by atoms with Gasteiger partial charge in [0.2, 0.25) is 0 Å². The average molecular weight is 476 g/mol. The molecule has 2 amide bonds. The van der Waals surface area contributed by atoms with Crippen molar-refractivity contribution >= 4 is 44.9 Å². The van der Waals surface area contributed by atoms with Gasteiger partial charge in [-0.25, -0.2) is 0 Å². The molecular weight excluding hydrogens is 454 g/mol. The molecule has 2 aromatic rings. The van der Waals surface area contributed by atoms with E-state index in [1.54, 1.807) is 13.2 Å². The molecule has 0 aromatic heterocycles. The second kappa shape index (κ2) is 9.98. The molecule has 2 aromatic carbocycles. The maximum Gasteiger partial charge on any atom is 0.293 e. The molecule has 0 aliphatic carbocycles. The second-order valence-corrected chi connectivity index (χ2v) is 8.42. The fourth-order valence-electron chi connectivity index (χ4n) is 2.78. The van der Waals surface area contributed by atoms with Crippen LogP contribution in [0.5, 0.6) is 11.5 Å². The third-order valence-electron chi connectivity index (χ3n) is 4.37. The van der Waals surface area contributed by atoms with Crippen LogP contribution in [-0.4, -0.2) is 29.8 Å². The van der Waals surface area contributed by atoms with Crippen LogP contribution in [0.4, 0.5) is 4.79 Å². The number of rotatable bonds is 8. The van der Waals surface area contributed by atoms with Crippen LogP contribution in [0.2, 0.25) is 0 Å². The molecule has 1 aliphatic heterocycles. The van der Waals surface area contributed by atoms with Crippen molar-refractivity contribution in [2.45, 2.75) is 26.3 Å². The molecule has 1 heterocycles. The number of carbonyl (C=O) groups is 2. The molecule has 7 heteroatoms. The number of imide groups is 1. The van der Waals surface area contributed by atoms with Gasteiger partial charge in [-0.15, -0.1) is 0 Å².